The lowest BCUT2D eigenvalue weighted by Gasteiger charge is -2.19. The Bertz CT molecular complexity index is 663. The molecule has 1 heterocycles. The summed E-state index contributed by atoms with van der Waals surface area (Å²) in [4.78, 5) is 11.7. The average molecular weight is 403 g/mol. The van der Waals surface area contributed by atoms with Gasteiger partial charge in [0.15, 0.2) is 0 Å². The summed E-state index contributed by atoms with van der Waals surface area (Å²) >= 11 is 0. The Morgan fingerprint density at radius 3 is 2.63 bits per heavy atom. The number of ether oxygens (including phenoxy) is 1. The standard InChI is InChI=1S/C20H30BN3OS2/c1-8-24(12-18-11-22-17(7)23-20(18)21)13-19(27-26-15(4)5)9-10-25-16(6)14(2)3/h8,11,13-15H,1,6,9-10,12H2,2-5,7H3/b19-13+. The van der Waals surface area contributed by atoms with E-state index in [-0.39, 0.29) is 0 Å². The maximum absolute atomic E-state index is 6.02. The molecule has 146 valence electrons. The maximum atomic E-state index is 6.02. The second kappa shape index (κ2) is 12.2. The molecule has 1 rings (SSSR count). The van der Waals surface area contributed by atoms with Gasteiger partial charge < -0.3 is 9.64 Å². The van der Waals surface area contributed by atoms with Gasteiger partial charge in [-0.3, -0.25) is 0 Å². The molecule has 0 N–H and O–H groups in total. The van der Waals surface area contributed by atoms with Crippen LogP contribution < -0.4 is 5.59 Å². The Hall–Kier alpha value is -1.34. The minimum Gasteiger partial charge on any atom is -0.498 e. The van der Waals surface area contributed by atoms with Gasteiger partial charge >= 0.3 is 0 Å². The van der Waals surface area contributed by atoms with E-state index in [2.05, 4.69) is 57.0 Å². The van der Waals surface area contributed by atoms with Crippen molar-refractivity contribution in [1.29, 1.82) is 0 Å². The van der Waals surface area contributed by atoms with Crippen molar-refractivity contribution >= 4 is 35.0 Å². The van der Waals surface area contributed by atoms with E-state index in [4.69, 9.17) is 12.6 Å². The first-order valence-corrected chi connectivity index (χ1v) is 11.3. The molecular formula is C20H30BN3OS2. The van der Waals surface area contributed by atoms with E-state index >= 15 is 0 Å². The monoisotopic (exact) mass is 403 g/mol. The third kappa shape index (κ3) is 9.43. The zero-order chi connectivity index (χ0) is 20.4. The summed E-state index contributed by atoms with van der Waals surface area (Å²) in [5.41, 5.74) is 1.38. The Balaban J connectivity index is 2.83. The van der Waals surface area contributed by atoms with Gasteiger partial charge in [-0.1, -0.05) is 62.4 Å². The van der Waals surface area contributed by atoms with Crippen molar-refractivity contribution in [3.05, 3.63) is 53.8 Å². The number of hydrogen-bond donors (Lipinski definition) is 0. The lowest BCUT2D eigenvalue weighted by atomic mass is 9.98. The SMILES string of the molecule is [B]c1nc(C)ncc1CN(C=C)/C=C(\CCOC(=C)C(C)C)SSC(C)C. The summed E-state index contributed by atoms with van der Waals surface area (Å²) < 4.78 is 5.76. The Kier molecular flexibility index (Phi) is 10.7. The van der Waals surface area contributed by atoms with Crippen LogP contribution in [0.4, 0.5) is 0 Å². The van der Waals surface area contributed by atoms with Crippen LogP contribution in [-0.2, 0) is 11.3 Å². The summed E-state index contributed by atoms with van der Waals surface area (Å²) in [5, 5.41) is 0.531. The highest BCUT2D eigenvalue weighted by Crippen LogP contribution is 2.35. The fraction of sp³-hybridized carbons (Fsp3) is 0.500. The summed E-state index contributed by atoms with van der Waals surface area (Å²) in [6.45, 7) is 19.4. The van der Waals surface area contributed by atoms with Crippen LogP contribution in [0.1, 0.15) is 45.5 Å². The predicted molar refractivity (Wildman–Crippen MR) is 121 cm³/mol. The molecule has 0 bridgehead atoms. The molecule has 2 radical (unpaired) electrons. The van der Waals surface area contributed by atoms with Gasteiger partial charge in [-0.15, -0.1) is 0 Å². The van der Waals surface area contributed by atoms with Crippen molar-refractivity contribution in [2.75, 3.05) is 6.61 Å². The molecule has 0 aromatic carbocycles. The smallest absolute Gasteiger partial charge is 0.142 e. The highest BCUT2D eigenvalue weighted by molar-refractivity contribution is 8.78. The van der Waals surface area contributed by atoms with E-state index in [1.165, 1.54) is 4.91 Å². The van der Waals surface area contributed by atoms with Gasteiger partial charge in [0.2, 0.25) is 0 Å². The van der Waals surface area contributed by atoms with E-state index in [1.54, 1.807) is 23.2 Å². The van der Waals surface area contributed by atoms with Crippen molar-refractivity contribution < 1.29 is 4.74 Å². The lowest BCUT2D eigenvalue weighted by molar-refractivity contribution is 0.191. The van der Waals surface area contributed by atoms with E-state index in [0.29, 0.717) is 35.7 Å². The molecule has 7 heteroatoms. The molecular weight excluding hydrogens is 373 g/mol. The maximum Gasteiger partial charge on any atom is 0.142 e. The van der Waals surface area contributed by atoms with Gasteiger partial charge in [0.25, 0.3) is 0 Å². The van der Waals surface area contributed by atoms with E-state index in [9.17, 15) is 0 Å². The molecule has 0 saturated heterocycles. The minimum absolute atomic E-state index is 0.323. The van der Waals surface area contributed by atoms with Gasteiger partial charge in [0.1, 0.15) is 13.7 Å². The van der Waals surface area contributed by atoms with Crippen molar-refractivity contribution in [3.63, 3.8) is 0 Å². The third-order valence-electron chi connectivity index (χ3n) is 3.54. The fourth-order valence-electron chi connectivity index (χ4n) is 1.91. The topological polar surface area (TPSA) is 38.2 Å². The summed E-state index contributed by atoms with van der Waals surface area (Å²) in [6, 6.07) is 0. The van der Waals surface area contributed by atoms with Crippen LogP contribution in [0.15, 0.2) is 42.4 Å². The van der Waals surface area contributed by atoms with Crippen LogP contribution in [0.2, 0.25) is 0 Å². The van der Waals surface area contributed by atoms with Crippen molar-refractivity contribution in [3.8, 4) is 0 Å². The Labute approximate surface area is 173 Å². The summed E-state index contributed by atoms with van der Waals surface area (Å²) in [7, 11) is 9.62. The minimum atomic E-state index is 0.323. The Morgan fingerprint density at radius 2 is 2.07 bits per heavy atom. The zero-order valence-corrected chi connectivity index (χ0v) is 18.7. The van der Waals surface area contributed by atoms with Crippen LogP contribution in [0, 0.1) is 12.8 Å². The zero-order valence-electron chi connectivity index (χ0n) is 17.1. The largest absolute Gasteiger partial charge is 0.498 e. The molecule has 0 aliphatic carbocycles. The van der Waals surface area contributed by atoms with Crippen molar-refractivity contribution in [1.82, 2.24) is 14.9 Å². The van der Waals surface area contributed by atoms with Gasteiger partial charge in [-0.25, -0.2) is 9.97 Å². The molecule has 0 spiro atoms. The van der Waals surface area contributed by atoms with Crippen molar-refractivity contribution in [2.24, 2.45) is 5.92 Å². The molecule has 0 fully saturated rings. The highest BCUT2D eigenvalue weighted by atomic mass is 33.1. The van der Waals surface area contributed by atoms with Crippen molar-refractivity contribution in [2.45, 2.75) is 52.8 Å². The number of aromatic nitrogens is 2. The normalized spacial score (nSPS) is 11.7. The summed E-state index contributed by atoms with van der Waals surface area (Å²) in [5.74, 6) is 1.81. The molecule has 0 amide bonds. The summed E-state index contributed by atoms with van der Waals surface area (Å²) in [6.07, 6.45) is 6.45. The van der Waals surface area contributed by atoms with Gasteiger partial charge in [0.05, 0.1) is 12.4 Å². The highest BCUT2D eigenvalue weighted by Gasteiger charge is 2.09. The number of hydrogen-bond acceptors (Lipinski definition) is 6. The average Bonchev–Trinajstić information content (AvgIpc) is 2.60. The second-order valence-electron chi connectivity index (χ2n) is 6.73. The molecule has 0 aliphatic heterocycles. The number of nitrogens with zero attached hydrogens (tertiary/aromatic N) is 3. The molecule has 0 aliphatic rings. The second-order valence-corrected chi connectivity index (χ2v) is 9.63. The van der Waals surface area contributed by atoms with Crippen LogP contribution in [0.25, 0.3) is 0 Å². The van der Waals surface area contributed by atoms with E-state index < -0.39 is 0 Å². The number of allylic oxidation sites excluding steroid dienone is 1. The van der Waals surface area contributed by atoms with Crippen LogP contribution >= 0.6 is 21.6 Å². The van der Waals surface area contributed by atoms with E-state index in [1.807, 2.05) is 22.6 Å². The fourth-order valence-corrected chi connectivity index (χ4v) is 3.90. The molecule has 0 saturated carbocycles. The quantitative estimate of drug-likeness (QED) is 0.285. The first kappa shape index (κ1) is 23.7. The first-order chi connectivity index (χ1) is 12.7. The van der Waals surface area contributed by atoms with Crippen LogP contribution in [0.3, 0.4) is 0 Å². The Morgan fingerprint density at radius 1 is 1.37 bits per heavy atom. The predicted octanol–water partition coefficient (Wildman–Crippen LogP) is 4.73. The van der Waals surface area contributed by atoms with Crippen LogP contribution in [-0.4, -0.2) is 34.6 Å². The first-order valence-electron chi connectivity index (χ1n) is 9.04. The lowest BCUT2D eigenvalue weighted by Crippen LogP contribution is -2.22. The van der Waals surface area contributed by atoms with Gasteiger partial charge in [-0.05, 0) is 18.7 Å². The van der Waals surface area contributed by atoms with Gasteiger partial charge in [-0.2, -0.15) is 0 Å². The molecule has 4 nitrogen and oxygen atoms in total. The molecule has 1 aromatic heterocycles. The number of aryl methyl sites for hydroxylation is 1. The number of rotatable bonds is 12. The van der Waals surface area contributed by atoms with E-state index in [0.717, 1.165) is 17.7 Å². The third-order valence-corrected chi connectivity index (χ3v) is 6.63. The van der Waals surface area contributed by atoms with Crippen LogP contribution in [0.5, 0.6) is 0 Å². The van der Waals surface area contributed by atoms with Gasteiger partial charge in [0, 0.05) is 47.0 Å². The molecule has 1 aromatic rings. The molecule has 0 unspecified atom stereocenters. The molecule has 0 atom stereocenters. The molecule has 27 heavy (non-hydrogen) atoms.